The summed E-state index contributed by atoms with van der Waals surface area (Å²) >= 11 is 0. The topological polar surface area (TPSA) is 70.7 Å². The first-order valence-corrected chi connectivity index (χ1v) is 9.46. The molecule has 0 fully saturated rings. The van der Waals surface area contributed by atoms with Gasteiger partial charge in [0, 0.05) is 12.2 Å². The molecule has 0 bridgehead atoms. The monoisotopic (exact) mass is 401 g/mol. The van der Waals surface area contributed by atoms with Crippen molar-refractivity contribution in [3.63, 3.8) is 0 Å². The Bertz CT molecular complexity index is 847. The van der Waals surface area contributed by atoms with E-state index >= 15 is 0 Å². The van der Waals surface area contributed by atoms with Crippen molar-refractivity contribution in [2.24, 2.45) is 0 Å². The number of rotatable bonds is 9. The standard InChI is InChI=1S/C22H28FN3O3/c1-15-11-16(2)22(17(3)12-15)25-20(27)13-24-21(28)14-26(4)9-10-29-19-8-6-5-7-18(19)23/h5-8,11-12H,9-10,13-14H2,1-4H3,(H,24,28)(H,25,27). The number of halogens is 1. The van der Waals surface area contributed by atoms with E-state index in [4.69, 9.17) is 4.74 Å². The maximum absolute atomic E-state index is 13.5. The zero-order valence-corrected chi connectivity index (χ0v) is 17.3. The molecule has 0 unspecified atom stereocenters. The van der Waals surface area contributed by atoms with Gasteiger partial charge in [0.15, 0.2) is 11.6 Å². The molecule has 0 aromatic heterocycles. The highest BCUT2D eigenvalue weighted by molar-refractivity contribution is 5.96. The molecular weight excluding hydrogens is 373 g/mol. The summed E-state index contributed by atoms with van der Waals surface area (Å²) < 4.78 is 18.9. The van der Waals surface area contributed by atoms with Gasteiger partial charge in [-0.25, -0.2) is 4.39 Å². The van der Waals surface area contributed by atoms with Crippen LogP contribution in [-0.4, -0.2) is 50.0 Å². The normalized spacial score (nSPS) is 10.7. The van der Waals surface area contributed by atoms with Crippen LogP contribution in [0.3, 0.4) is 0 Å². The van der Waals surface area contributed by atoms with E-state index in [0.29, 0.717) is 6.54 Å². The van der Waals surface area contributed by atoms with Crippen molar-refractivity contribution in [3.8, 4) is 5.75 Å². The van der Waals surface area contributed by atoms with Gasteiger partial charge in [0.05, 0.1) is 13.1 Å². The number of hydrogen-bond donors (Lipinski definition) is 2. The number of carbonyl (C=O) groups excluding carboxylic acids is 2. The molecule has 0 aliphatic heterocycles. The third kappa shape index (κ3) is 7.19. The van der Waals surface area contributed by atoms with Crippen LogP contribution in [0.5, 0.6) is 5.75 Å². The first-order valence-electron chi connectivity index (χ1n) is 9.46. The average Bonchev–Trinajstić information content (AvgIpc) is 2.64. The van der Waals surface area contributed by atoms with Crippen LogP contribution in [0, 0.1) is 26.6 Å². The Balaban J connectivity index is 1.71. The van der Waals surface area contributed by atoms with E-state index in [1.807, 2.05) is 32.9 Å². The number of benzene rings is 2. The second-order valence-corrected chi connectivity index (χ2v) is 7.12. The highest BCUT2D eigenvalue weighted by Crippen LogP contribution is 2.21. The lowest BCUT2D eigenvalue weighted by Gasteiger charge is -2.17. The molecule has 7 heteroatoms. The molecule has 2 aromatic rings. The summed E-state index contributed by atoms with van der Waals surface area (Å²) in [5.41, 5.74) is 3.87. The molecule has 0 aliphatic carbocycles. The zero-order chi connectivity index (χ0) is 21.4. The molecule has 0 saturated carbocycles. The van der Waals surface area contributed by atoms with Gasteiger partial charge >= 0.3 is 0 Å². The van der Waals surface area contributed by atoms with Crippen molar-refractivity contribution < 1.29 is 18.7 Å². The average molecular weight is 401 g/mol. The van der Waals surface area contributed by atoms with Gasteiger partial charge in [0.25, 0.3) is 0 Å². The maximum Gasteiger partial charge on any atom is 0.243 e. The number of nitrogens with one attached hydrogen (secondary N) is 2. The van der Waals surface area contributed by atoms with E-state index in [2.05, 4.69) is 10.6 Å². The molecule has 156 valence electrons. The van der Waals surface area contributed by atoms with Crippen molar-refractivity contribution >= 4 is 17.5 Å². The van der Waals surface area contributed by atoms with E-state index in [9.17, 15) is 14.0 Å². The van der Waals surface area contributed by atoms with Crippen molar-refractivity contribution in [1.29, 1.82) is 0 Å². The highest BCUT2D eigenvalue weighted by atomic mass is 19.1. The second kappa shape index (κ2) is 10.6. The molecule has 0 aliphatic rings. The Kier molecular flexibility index (Phi) is 8.15. The number of para-hydroxylation sites is 1. The van der Waals surface area contributed by atoms with Gasteiger partial charge in [-0.15, -0.1) is 0 Å². The molecule has 0 atom stereocenters. The largest absolute Gasteiger partial charge is 0.489 e. The molecule has 0 spiro atoms. The first-order chi connectivity index (χ1) is 13.8. The van der Waals surface area contributed by atoms with Crippen LogP contribution >= 0.6 is 0 Å². The number of aryl methyl sites for hydroxylation is 3. The van der Waals surface area contributed by atoms with Gasteiger partial charge in [0.2, 0.25) is 11.8 Å². The minimum atomic E-state index is -0.419. The number of likely N-dealkylation sites (N-methyl/N-ethyl adjacent to an activating group) is 1. The van der Waals surface area contributed by atoms with Crippen LogP contribution in [0.4, 0.5) is 10.1 Å². The van der Waals surface area contributed by atoms with Crippen LogP contribution in [0.25, 0.3) is 0 Å². The predicted molar refractivity (Wildman–Crippen MR) is 112 cm³/mol. The molecular formula is C22H28FN3O3. The number of ether oxygens (including phenoxy) is 1. The Morgan fingerprint density at radius 3 is 2.38 bits per heavy atom. The molecule has 2 aromatic carbocycles. The van der Waals surface area contributed by atoms with Gasteiger partial charge < -0.3 is 15.4 Å². The summed E-state index contributed by atoms with van der Waals surface area (Å²) in [7, 11) is 1.75. The Morgan fingerprint density at radius 1 is 1.07 bits per heavy atom. The number of nitrogens with zero attached hydrogens (tertiary/aromatic N) is 1. The molecule has 0 radical (unpaired) electrons. The second-order valence-electron chi connectivity index (χ2n) is 7.12. The van der Waals surface area contributed by atoms with Crippen molar-refractivity contribution in [2.45, 2.75) is 20.8 Å². The molecule has 2 amide bonds. The smallest absolute Gasteiger partial charge is 0.243 e. The van der Waals surface area contributed by atoms with Gasteiger partial charge in [-0.2, -0.15) is 0 Å². The van der Waals surface area contributed by atoms with Crippen LogP contribution in [0.1, 0.15) is 16.7 Å². The van der Waals surface area contributed by atoms with Crippen LogP contribution < -0.4 is 15.4 Å². The predicted octanol–water partition coefficient (Wildman–Crippen LogP) is 2.82. The number of anilines is 1. The van der Waals surface area contributed by atoms with E-state index in [1.165, 1.54) is 6.07 Å². The minimum absolute atomic E-state index is 0.106. The summed E-state index contributed by atoms with van der Waals surface area (Å²) in [6.45, 7) is 6.57. The fourth-order valence-corrected chi connectivity index (χ4v) is 2.99. The van der Waals surface area contributed by atoms with Gasteiger partial charge in [0.1, 0.15) is 6.61 Å². The summed E-state index contributed by atoms with van der Waals surface area (Å²) in [4.78, 5) is 25.9. The van der Waals surface area contributed by atoms with E-state index in [1.54, 1.807) is 30.1 Å². The van der Waals surface area contributed by atoms with Crippen molar-refractivity contribution in [3.05, 3.63) is 58.9 Å². The number of carbonyl (C=O) groups is 2. The number of amides is 2. The quantitative estimate of drug-likeness (QED) is 0.678. The van der Waals surface area contributed by atoms with Crippen molar-refractivity contribution in [1.82, 2.24) is 10.2 Å². The first kappa shape index (κ1) is 22.4. The van der Waals surface area contributed by atoms with Crippen LogP contribution in [-0.2, 0) is 9.59 Å². The Morgan fingerprint density at radius 2 is 1.72 bits per heavy atom. The summed E-state index contributed by atoms with van der Waals surface area (Å²) in [5.74, 6) is -0.786. The third-order valence-corrected chi connectivity index (χ3v) is 4.37. The lowest BCUT2D eigenvalue weighted by molar-refractivity contribution is -0.124. The van der Waals surface area contributed by atoms with Crippen molar-refractivity contribution in [2.75, 3.05) is 38.6 Å². The van der Waals surface area contributed by atoms with Crippen LogP contribution in [0.2, 0.25) is 0 Å². The molecule has 29 heavy (non-hydrogen) atoms. The Labute approximate surface area is 171 Å². The van der Waals surface area contributed by atoms with Gasteiger partial charge in [-0.1, -0.05) is 29.8 Å². The SMILES string of the molecule is Cc1cc(C)c(NC(=O)CNC(=O)CN(C)CCOc2ccccc2F)c(C)c1. The van der Waals surface area contributed by atoms with Crippen LogP contribution in [0.15, 0.2) is 36.4 Å². The van der Waals surface area contributed by atoms with E-state index < -0.39 is 5.82 Å². The Hall–Kier alpha value is -2.93. The highest BCUT2D eigenvalue weighted by Gasteiger charge is 2.11. The third-order valence-electron chi connectivity index (χ3n) is 4.37. The summed E-state index contributed by atoms with van der Waals surface area (Å²) in [6, 6.07) is 10.2. The molecule has 0 saturated heterocycles. The maximum atomic E-state index is 13.5. The number of hydrogen-bond acceptors (Lipinski definition) is 4. The zero-order valence-electron chi connectivity index (χ0n) is 17.3. The fraction of sp³-hybridized carbons (Fsp3) is 0.364. The fourth-order valence-electron chi connectivity index (χ4n) is 2.99. The lowest BCUT2D eigenvalue weighted by Crippen LogP contribution is -2.40. The molecule has 2 N–H and O–H groups in total. The van der Waals surface area contributed by atoms with Gasteiger partial charge in [-0.05, 0) is 51.1 Å². The summed E-state index contributed by atoms with van der Waals surface area (Å²) in [6.07, 6.45) is 0. The molecule has 2 rings (SSSR count). The van der Waals surface area contributed by atoms with E-state index in [0.717, 1.165) is 22.4 Å². The molecule has 6 nitrogen and oxygen atoms in total. The summed E-state index contributed by atoms with van der Waals surface area (Å²) in [5, 5.41) is 5.46. The van der Waals surface area contributed by atoms with Gasteiger partial charge in [-0.3, -0.25) is 14.5 Å². The molecule has 0 heterocycles. The lowest BCUT2D eigenvalue weighted by atomic mass is 10.1. The minimum Gasteiger partial charge on any atom is -0.489 e. The van der Waals surface area contributed by atoms with E-state index in [-0.39, 0.29) is 37.3 Å².